The van der Waals surface area contributed by atoms with Crippen LogP contribution < -0.4 is 5.32 Å². The van der Waals surface area contributed by atoms with Gasteiger partial charge in [0.15, 0.2) is 9.84 Å². The van der Waals surface area contributed by atoms with E-state index in [-0.39, 0.29) is 4.90 Å². The molecule has 4 nitrogen and oxygen atoms in total. The van der Waals surface area contributed by atoms with Crippen LogP contribution in [0.5, 0.6) is 0 Å². The lowest BCUT2D eigenvalue weighted by Crippen LogP contribution is -2.07. The van der Waals surface area contributed by atoms with E-state index >= 15 is 0 Å². The van der Waals surface area contributed by atoms with Crippen LogP contribution in [0.4, 0.5) is 10.1 Å². The van der Waals surface area contributed by atoms with Gasteiger partial charge in [0.05, 0.1) is 10.6 Å². The lowest BCUT2D eigenvalue weighted by Gasteiger charge is -2.08. The smallest absolute Gasteiger partial charge is 0.175 e. The molecule has 1 rings (SSSR count). The highest BCUT2D eigenvalue weighted by atomic mass is 32.2. The number of ether oxygens (including phenoxy) is 1. The maximum absolute atomic E-state index is 13.5. The van der Waals surface area contributed by atoms with Gasteiger partial charge in [0.1, 0.15) is 5.82 Å². The summed E-state index contributed by atoms with van der Waals surface area (Å²) in [5, 5.41) is 2.88. The zero-order chi connectivity index (χ0) is 12.9. The van der Waals surface area contributed by atoms with Crippen molar-refractivity contribution >= 4 is 15.5 Å². The first kappa shape index (κ1) is 13.9. The first-order valence-electron chi connectivity index (χ1n) is 5.17. The molecule has 17 heavy (non-hydrogen) atoms. The fraction of sp³-hybridized carbons (Fsp3) is 0.455. The molecule has 0 atom stereocenters. The highest BCUT2D eigenvalue weighted by Gasteiger charge is 2.10. The topological polar surface area (TPSA) is 55.4 Å². The zero-order valence-electron chi connectivity index (χ0n) is 9.86. The molecular formula is C11H16FNO3S. The van der Waals surface area contributed by atoms with Crippen molar-refractivity contribution in [3.8, 4) is 0 Å². The summed E-state index contributed by atoms with van der Waals surface area (Å²) in [7, 11) is -1.76. The third-order valence-electron chi connectivity index (χ3n) is 2.21. The van der Waals surface area contributed by atoms with Crippen LogP contribution in [0.25, 0.3) is 0 Å². The predicted molar refractivity (Wildman–Crippen MR) is 64.5 cm³/mol. The predicted octanol–water partition coefficient (Wildman–Crippen LogP) is 1.68. The van der Waals surface area contributed by atoms with Crippen LogP contribution in [0.3, 0.4) is 0 Å². The largest absolute Gasteiger partial charge is 0.385 e. The molecule has 0 amide bonds. The minimum atomic E-state index is -3.36. The molecule has 1 aromatic carbocycles. The van der Waals surface area contributed by atoms with E-state index < -0.39 is 15.7 Å². The molecule has 0 fully saturated rings. The van der Waals surface area contributed by atoms with Crippen molar-refractivity contribution in [3.05, 3.63) is 24.0 Å². The Morgan fingerprint density at radius 3 is 2.65 bits per heavy atom. The van der Waals surface area contributed by atoms with Crippen molar-refractivity contribution in [2.45, 2.75) is 11.3 Å². The van der Waals surface area contributed by atoms with Crippen molar-refractivity contribution in [1.82, 2.24) is 0 Å². The summed E-state index contributed by atoms with van der Waals surface area (Å²) in [5.41, 5.74) is 0.300. The Morgan fingerprint density at radius 1 is 1.41 bits per heavy atom. The first-order valence-corrected chi connectivity index (χ1v) is 7.06. The highest BCUT2D eigenvalue weighted by Crippen LogP contribution is 2.18. The van der Waals surface area contributed by atoms with Gasteiger partial charge in [-0.15, -0.1) is 0 Å². The van der Waals surface area contributed by atoms with Gasteiger partial charge in [-0.2, -0.15) is 0 Å². The number of rotatable bonds is 6. The van der Waals surface area contributed by atoms with Gasteiger partial charge in [0, 0.05) is 26.5 Å². The van der Waals surface area contributed by atoms with Crippen LogP contribution in [0.1, 0.15) is 6.42 Å². The third kappa shape index (κ3) is 4.32. The van der Waals surface area contributed by atoms with Gasteiger partial charge >= 0.3 is 0 Å². The molecule has 0 aliphatic rings. The Labute approximate surface area is 101 Å². The second-order valence-corrected chi connectivity index (χ2v) is 5.70. The van der Waals surface area contributed by atoms with E-state index in [1.807, 2.05) is 0 Å². The van der Waals surface area contributed by atoms with E-state index in [4.69, 9.17) is 4.74 Å². The molecule has 0 unspecified atom stereocenters. The minimum Gasteiger partial charge on any atom is -0.385 e. The number of nitrogens with one attached hydrogen (secondary N) is 1. The number of methoxy groups -OCH3 is 1. The summed E-state index contributed by atoms with van der Waals surface area (Å²) < 4.78 is 40.8. The molecule has 0 radical (unpaired) electrons. The molecule has 0 spiro atoms. The van der Waals surface area contributed by atoms with Crippen LogP contribution in [-0.4, -0.2) is 34.9 Å². The Bertz CT molecular complexity index is 474. The first-order chi connectivity index (χ1) is 7.95. The minimum absolute atomic E-state index is 0.0163. The monoisotopic (exact) mass is 261 g/mol. The van der Waals surface area contributed by atoms with Gasteiger partial charge in [-0.05, 0) is 24.6 Å². The summed E-state index contributed by atoms with van der Waals surface area (Å²) in [6.07, 6.45) is 1.80. The van der Waals surface area contributed by atoms with Crippen LogP contribution in [-0.2, 0) is 14.6 Å². The molecule has 1 aromatic rings. The molecule has 6 heteroatoms. The molecular weight excluding hydrogens is 245 g/mol. The van der Waals surface area contributed by atoms with E-state index in [0.29, 0.717) is 18.8 Å². The zero-order valence-corrected chi connectivity index (χ0v) is 10.7. The fourth-order valence-electron chi connectivity index (χ4n) is 1.31. The Kier molecular flexibility index (Phi) is 4.89. The van der Waals surface area contributed by atoms with Crippen LogP contribution >= 0.6 is 0 Å². The molecule has 0 bridgehead atoms. The van der Waals surface area contributed by atoms with Gasteiger partial charge in [-0.3, -0.25) is 0 Å². The van der Waals surface area contributed by atoms with E-state index in [1.165, 1.54) is 12.1 Å². The van der Waals surface area contributed by atoms with Gasteiger partial charge in [-0.25, -0.2) is 12.8 Å². The summed E-state index contributed by atoms with van der Waals surface area (Å²) in [6.45, 7) is 1.17. The van der Waals surface area contributed by atoms with Crippen molar-refractivity contribution in [1.29, 1.82) is 0 Å². The van der Waals surface area contributed by atoms with Crippen LogP contribution in [0, 0.1) is 5.82 Å². The van der Waals surface area contributed by atoms with Crippen molar-refractivity contribution in [3.63, 3.8) is 0 Å². The molecule has 0 saturated carbocycles. The number of benzene rings is 1. The lowest BCUT2D eigenvalue weighted by molar-refractivity contribution is 0.197. The number of anilines is 1. The Morgan fingerprint density at radius 2 is 2.12 bits per heavy atom. The molecule has 0 heterocycles. The molecule has 0 aromatic heterocycles. The quantitative estimate of drug-likeness (QED) is 0.792. The van der Waals surface area contributed by atoms with E-state index in [2.05, 4.69) is 5.32 Å². The summed E-state index contributed by atoms with van der Waals surface area (Å²) in [4.78, 5) is -0.0163. The van der Waals surface area contributed by atoms with E-state index in [0.717, 1.165) is 18.7 Å². The average Bonchev–Trinajstić information content (AvgIpc) is 2.24. The average molecular weight is 261 g/mol. The fourth-order valence-corrected chi connectivity index (χ4v) is 1.94. The second kappa shape index (κ2) is 5.97. The molecule has 0 saturated heterocycles. The van der Waals surface area contributed by atoms with E-state index in [1.54, 1.807) is 7.11 Å². The number of sulfone groups is 1. The maximum Gasteiger partial charge on any atom is 0.175 e. The van der Waals surface area contributed by atoms with Gasteiger partial charge in [0.25, 0.3) is 0 Å². The standard InChI is InChI=1S/C11H16FNO3S/c1-16-7-3-6-13-11-5-4-9(8-10(11)12)17(2,14)15/h4-5,8,13H,3,6-7H2,1-2H3. The van der Waals surface area contributed by atoms with Crippen LogP contribution in [0.15, 0.2) is 23.1 Å². The second-order valence-electron chi connectivity index (χ2n) is 3.69. The normalized spacial score (nSPS) is 11.5. The van der Waals surface area contributed by atoms with Crippen molar-refractivity contribution in [2.24, 2.45) is 0 Å². The van der Waals surface area contributed by atoms with Crippen molar-refractivity contribution in [2.75, 3.05) is 31.8 Å². The van der Waals surface area contributed by atoms with Crippen LogP contribution in [0.2, 0.25) is 0 Å². The molecule has 96 valence electrons. The van der Waals surface area contributed by atoms with Gasteiger partial charge in [-0.1, -0.05) is 0 Å². The SMILES string of the molecule is COCCCNc1ccc(S(C)(=O)=O)cc1F. The third-order valence-corrected chi connectivity index (χ3v) is 3.32. The summed E-state index contributed by atoms with van der Waals surface area (Å²) >= 11 is 0. The molecule has 1 N–H and O–H groups in total. The number of hydrogen-bond acceptors (Lipinski definition) is 4. The maximum atomic E-state index is 13.5. The molecule has 0 aliphatic carbocycles. The lowest BCUT2D eigenvalue weighted by atomic mass is 10.3. The highest BCUT2D eigenvalue weighted by molar-refractivity contribution is 7.90. The Balaban J connectivity index is 2.70. The van der Waals surface area contributed by atoms with Crippen molar-refractivity contribution < 1.29 is 17.5 Å². The van der Waals surface area contributed by atoms with Gasteiger partial charge in [0.2, 0.25) is 0 Å². The summed E-state index contributed by atoms with van der Waals surface area (Å²) in [6, 6.07) is 3.84. The number of hydrogen-bond donors (Lipinski definition) is 1. The summed E-state index contributed by atoms with van der Waals surface area (Å²) in [5.74, 6) is -0.564. The number of halogens is 1. The molecule has 0 aliphatic heterocycles. The van der Waals surface area contributed by atoms with E-state index in [9.17, 15) is 12.8 Å². The Hall–Kier alpha value is -1.14. The van der Waals surface area contributed by atoms with Gasteiger partial charge < -0.3 is 10.1 Å².